The van der Waals surface area contributed by atoms with Crippen LogP contribution in [0.2, 0.25) is 0 Å². The monoisotopic (exact) mass is 320 g/mol. The number of anilines is 2. The Morgan fingerprint density at radius 3 is 2.71 bits per heavy atom. The Kier molecular flexibility index (Phi) is 3.81. The van der Waals surface area contributed by atoms with Crippen molar-refractivity contribution in [3.8, 4) is 0 Å². The van der Waals surface area contributed by atoms with Gasteiger partial charge in [-0.1, -0.05) is 36.4 Å². The summed E-state index contributed by atoms with van der Waals surface area (Å²) in [4.78, 5) is 26.7. The van der Waals surface area contributed by atoms with Crippen LogP contribution in [0.4, 0.5) is 11.4 Å². The van der Waals surface area contributed by atoms with Gasteiger partial charge in [0.2, 0.25) is 11.8 Å². The zero-order chi connectivity index (χ0) is 16.5. The Morgan fingerprint density at radius 2 is 1.83 bits per heavy atom. The number of carbonyl (C=O) groups excluding carboxylic acids is 2. The maximum absolute atomic E-state index is 12.6. The van der Waals surface area contributed by atoms with Crippen LogP contribution in [-0.4, -0.2) is 18.4 Å². The molecule has 2 aliphatic heterocycles. The molecule has 2 aliphatic rings. The molecular formula is C20H20N2O2. The van der Waals surface area contributed by atoms with Gasteiger partial charge in [0, 0.05) is 30.3 Å². The molecule has 2 heterocycles. The van der Waals surface area contributed by atoms with Crippen LogP contribution in [0.1, 0.15) is 24.0 Å². The van der Waals surface area contributed by atoms with Gasteiger partial charge >= 0.3 is 0 Å². The fraction of sp³-hybridized carbons (Fsp3) is 0.300. The Labute approximate surface area is 141 Å². The first kappa shape index (κ1) is 14.9. The molecule has 0 bridgehead atoms. The summed E-state index contributed by atoms with van der Waals surface area (Å²) in [7, 11) is 0. The molecule has 0 saturated carbocycles. The van der Waals surface area contributed by atoms with Crippen LogP contribution in [0, 0.1) is 5.92 Å². The number of hydrogen-bond acceptors (Lipinski definition) is 2. The summed E-state index contributed by atoms with van der Waals surface area (Å²) in [5.74, 6) is 0.0247. The average molecular weight is 320 g/mol. The molecule has 1 unspecified atom stereocenters. The predicted octanol–water partition coefficient (Wildman–Crippen LogP) is 3.17. The molecular weight excluding hydrogens is 300 g/mol. The fourth-order valence-electron chi connectivity index (χ4n) is 3.68. The number of fused-ring (bicyclic) bond motifs is 2. The number of hydrogen-bond donors (Lipinski definition) is 1. The summed E-state index contributed by atoms with van der Waals surface area (Å²) in [6.07, 6.45) is 2.64. The van der Waals surface area contributed by atoms with Crippen molar-refractivity contribution in [3.63, 3.8) is 0 Å². The quantitative estimate of drug-likeness (QED) is 0.944. The third-order valence-electron chi connectivity index (χ3n) is 5.01. The summed E-state index contributed by atoms with van der Waals surface area (Å²) < 4.78 is 0. The molecule has 0 spiro atoms. The van der Waals surface area contributed by atoms with Gasteiger partial charge in [-0.25, -0.2) is 0 Å². The summed E-state index contributed by atoms with van der Waals surface area (Å²) >= 11 is 0. The lowest BCUT2D eigenvalue weighted by atomic mass is 9.89. The highest BCUT2D eigenvalue weighted by atomic mass is 16.2. The Balaban J connectivity index is 1.41. The van der Waals surface area contributed by atoms with Gasteiger partial charge in [-0.05, 0) is 42.5 Å². The molecule has 122 valence electrons. The van der Waals surface area contributed by atoms with Gasteiger partial charge in [0.1, 0.15) is 0 Å². The van der Waals surface area contributed by atoms with Gasteiger partial charge in [-0.15, -0.1) is 0 Å². The van der Waals surface area contributed by atoms with Crippen molar-refractivity contribution in [1.82, 2.24) is 0 Å². The number of para-hydroxylation sites is 2. The minimum absolute atomic E-state index is 0.0309. The van der Waals surface area contributed by atoms with Crippen molar-refractivity contribution in [2.75, 3.05) is 16.8 Å². The molecule has 1 N–H and O–H groups in total. The molecule has 2 aromatic carbocycles. The van der Waals surface area contributed by atoms with Gasteiger partial charge in [-0.3, -0.25) is 9.59 Å². The highest BCUT2D eigenvalue weighted by Gasteiger charge is 2.29. The van der Waals surface area contributed by atoms with Gasteiger partial charge in [0.25, 0.3) is 0 Å². The third-order valence-corrected chi connectivity index (χ3v) is 5.01. The number of amides is 2. The lowest BCUT2D eigenvalue weighted by molar-refractivity contribution is -0.121. The Bertz CT molecular complexity index is 800. The van der Waals surface area contributed by atoms with Crippen molar-refractivity contribution >= 4 is 23.2 Å². The molecule has 0 aromatic heterocycles. The number of nitrogens with zero attached hydrogens (tertiary/aromatic N) is 1. The fourth-order valence-corrected chi connectivity index (χ4v) is 3.68. The molecule has 0 saturated heterocycles. The van der Waals surface area contributed by atoms with E-state index >= 15 is 0 Å². The second-order valence-corrected chi connectivity index (χ2v) is 6.51. The number of carbonyl (C=O) groups is 2. The van der Waals surface area contributed by atoms with Crippen LogP contribution in [0.25, 0.3) is 0 Å². The van der Waals surface area contributed by atoms with Crippen LogP contribution in [0.5, 0.6) is 0 Å². The molecule has 2 amide bonds. The van der Waals surface area contributed by atoms with Crippen LogP contribution in [0.3, 0.4) is 0 Å². The van der Waals surface area contributed by atoms with Gasteiger partial charge in [0.15, 0.2) is 0 Å². The van der Waals surface area contributed by atoms with E-state index in [1.165, 1.54) is 5.56 Å². The first-order valence-electron chi connectivity index (χ1n) is 8.49. The van der Waals surface area contributed by atoms with Crippen molar-refractivity contribution in [2.24, 2.45) is 5.92 Å². The molecule has 24 heavy (non-hydrogen) atoms. The lowest BCUT2D eigenvalue weighted by Gasteiger charge is -2.25. The highest BCUT2D eigenvalue weighted by Crippen LogP contribution is 2.30. The zero-order valence-electron chi connectivity index (χ0n) is 13.5. The van der Waals surface area contributed by atoms with E-state index in [2.05, 4.69) is 11.4 Å². The number of benzene rings is 2. The summed E-state index contributed by atoms with van der Waals surface area (Å²) in [6.45, 7) is 0.748. The number of nitrogens with one attached hydrogen (secondary N) is 1. The van der Waals surface area contributed by atoms with Crippen LogP contribution < -0.4 is 10.2 Å². The van der Waals surface area contributed by atoms with E-state index in [9.17, 15) is 9.59 Å². The normalized spacial score (nSPS) is 18.8. The third kappa shape index (κ3) is 2.68. The predicted molar refractivity (Wildman–Crippen MR) is 94.0 cm³/mol. The summed E-state index contributed by atoms with van der Waals surface area (Å²) in [6, 6.07) is 15.9. The first-order chi connectivity index (χ1) is 11.7. The van der Waals surface area contributed by atoms with E-state index in [1.54, 1.807) is 0 Å². The zero-order valence-corrected chi connectivity index (χ0v) is 13.5. The van der Waals surface area contributed by atoms with E-state index in [4.69, 9.17) is 0 Å². The maximum Gasteiger partial charge on any atom is 0.227 e. The van der Waals surface area contributed by atoms with Gasteiger partial charge < -0.3 is 10.2 Å². The SMILES string of the molecule is O=C1Nc2ccccc2CC1CCC(=O)N1CCc2ccccc21. The largest absolute Gasteiger partial charge is 0.326 e. The van der Waals surface area contributed by atoms with E-state index in [1.807, 2.05) is 47.4 Å². The molecule has 4 rings (SSSR count). The Morgan fingerprint density at radius 1 is 1.08 bits per heavy atom. The second-order valence-electron chi connectivity index (χ2n) is 6.51. The van der Waals surface area contributed by atoms with Crippen LogP contribution >= 0.6 is 0 Å². The van der Waals surface area contributed by atoms with Crippen molar-refractivity contribution in [3.05, 3.63) is 59.7 Å². The van der Waals surface area contributed by atoms with Crippen molar-refractivity contribution < 1.29 is 9.59 Å². The van der Waals surface area contributed by atoms with Gasteiger partial charge in [0.05, 0.1) is 0 Å². The topological polar surface area (TPSA) is 49.4 Å². The van der Waals surface area contributed by atoms with E-state index in [0.29, 0.717) is 19.3 Å². The molecule has 0 fully saturated rings. The molecule has 4 nitrogen and oxygen atoms in total. The van der Waals surface area contributed by atoms with E-state index in [-0.39, 0.29) is 17.7 Å². The maximum atomic E-state index is 12.6. The molecule has 0 radical (unpaired) electrons. The number of rotatable bonds is 3. The highest BCUT2D eigenvalue weighted by molar-refractivity contribution is 5.98. The van der Waals surface area contributed by atoms with E-state index in [0.717, 1.165) is 29.9 Å². The molecule has 1 atom stereocenters. The van der Waals surface area contributed by atoms with Crippen molar-refractivity contribution in [1.29, 1.82) is 0 Å². The molecule has 2 aromatic rings. The standard InChI is InChI=1S/C20H20N2O2/c23-19(22-12-11-14-5-2-4-8-18(14)22)10-9-16-13-15-6-1-3-7-17(15)21-20(16)24/h1-8,16H,9-13H2,(H,21,24). The van der Waals surface area contributed by atoms with Gasteiger partial charge in [-0.2, -0.15) is 0 Å². The summed E-state index contributed by atoms with van der Waals surface area (Å²) in [5, 5.41) is 2.96. The minimum Gasteiger partial charge on any atom is -0.326 e. The smallest absolute Gasteiger partial charge is 0.227 e. The lowest BCUT2D eigenvalue weighted by Crippen LogP contribution is -2.33. The van der Waals surface area contributed by atoms with Crippen molar-refractivity contribution in [2.45, 2.75) is 25.7 Å². The first-order valence-corrected chi connectivity index (χ1v) is 8.49. The second kappa shape index (κ2) is 6.11. The summed E-state index contributed by atoms with van der Waals surface area (Å²) in [5.41, 5.74) is 4.32. The minimum atomic E-state index is -0.123. The van der Waals surface area contributed by atoms with E-state index < -0.39 is 0 Å². The molecule has 0 aliphatic carbocycles. The van der Waals surface area contributed by atoms with Crippen LogP contribution in [0.15, 0.2) is 48.5 Å². The van der Waals surface area contributed by atoms with Crippen LogP contribution in [-0.2, 0) is 22.4 Å². The Hall–Kier alpha value is -2.62. The average Bonchev–Trinajstić information content (AvgIpc) is 3.04. The molecule has 4 heteroatoms.